The van der Waals surface area contributed by atoms with E-state index < -0.39 is 0 Å². The number of aromatic nitrogens is 2. The number of hydrogen-bond donors (Lipinski definition) is 0. The van der Waals surface area contributed by atoms with Gasteiger partial charge in [0.15, 0.2) is 0 Å². The SMILES string of the molecule is COc1ccc(OC2CCN(C(=O)N3CCOCC3)C2)nn1. The first-order valence-corrected chi connectivity index (χ1v) is 7.42. The van der Waals surface area contributed by atoms with Crippen molar-refractivity contribution in [1.29, 1.82) is 0 Å². The summed E-state index contributed by atoms with van der Waals surface area (Å²) < 4.78 is 16.0. The largest absolute Gasteiger partial charge is 0.480 e. The lowest BCUT2D eigenvalue weighted by Gasteiger charge is -2.30. The summed E-state index contributed by atoms with van der Waals surface area (Å²) in [5.41, 5.74) is 0. The van der Waals surface area contributed by atoms with Gasteiger partial charge in [-0.05, 0) is 0 Å². The van der Waals surface area contributed by atoms with Gasteiger partial charge in [-0.15, -0.1) is 10.2 Å². The molecular weight excluding hydrogens is 288 g/mol. The lowest BCUT2D eigenvalue weighted by molar-refractivity contribution is 0.0443. The fourth-order valence-corrected chi connectivity index (χ4v) is 2.60. The molecular formula is C14H20N4O4. The zero-order valence-electron chi connectivity index (χ0n) is 12.6. The number of urea groups is 1. The van der Waals surface area contributed by atoms with E-state index in [-0.39, 0.29) is 12.1 Å². The number of morpholine rings is 1. The predicted octanol–water partition coefficient (Wildman–Crippen LogP) is 0.390. The van der Waals surface area contributed by atoms with Gasteiger partial charge < -0.3 is 24.0 Å². The average Bonchev–Trinajstić information content (AvgIpc) is 3.04. The van der Waals surface area contributed by atoms with Crippen LogP contribution in [0.4, 0.5) is 4.79 Å². The molecule has 0 bridgehead atoms. The summed E-state index contributed by atoms with van der Waals surface area (Å²) in [7, 11) is 1.54. The zero-order chi connectivity index (χ0) is 15.4. The van der Waals surface area contributed by atoms with Gasteiger partial charge in [-0.2, -0.15) is 0 Å². The molecule has 0 aromatic carbocycles. The fourth-order valence-electron chi connectivity index (χ4n) is 2.60. The lowest BCUT2D eigenvalue weighted by Crippen LogP contribution is -2.47. The second kappa shape index (κ2) is 6.78. The number of carbonyl (C=O) groups excluding carboxylic acids is 1. The molecule has 120 valence electrons. The standard InChI is InChI=1S/C14H20N4O4/c1-20-12-2-3-13(16-15-12)22-11-4-5-18(10-11)14(19)17-6-8-21-9-7-17/h2-3,11H,4-10H2,1H3. The molecule has 0 saturated carbocycles. The third kappa shape index (κ3) is 3.38. The Bertz CT molecular complexity index is 504. The monoisotopic (exact) mass is 308 g/mol. The van der Waals surface area contributed by atoms with Crippen LogP contribution in [0.15, 0.2) is 12.1 Å². The van der Waals surface area contributed by atoms with Gasteiger partial charge >= 0.3 is 6.03 Å². The summed E-state index contributed by atoms with van der Waals surface area (Å²) in [6.07, 6.45) is 0.747. The zero-order valence-corrected chi connectivity index (χ0v) is 12.6. The molecule has 8 heteroatoms. The Kier molecular flexibility index (Phi) is 4.57. The normalized spacial score (nSPS) is 21.8. The van der Waals surface area contributed by atoms with E-state index in [9.17, 15) is 4.79 Å². The molecule has 2 fully saturated rings. The first-order chi connectivity index (χ1) is 10.8. The van der Waals surface area contributed by atoms with Crippen molar-refractivity contribution in [2.24, 2.45) is 0 Å². The highest BCUT2D eigenvalue weighted by atomic mass is 16.5. The Morgan fingerprint density at radius 2 is 1.91 bits per heavy atom. The van der Waals surface area contributed by atoms with Gasteiger partial charge in [0.2, 0.25) is 11.8 Å². The van der Waals surface area contributed by atoms with Crippen LogP contribution in [0.5, 0.6) is 11.8 Å². The van der Waals surface area contributed by atoms with Gasteiger partial charge in [0.1, 0.15) is 6.10 Å². The fraction of sp³-hybridized carbons (Fsp3) is 0.643. The topological polar surface area (TPSA) is 77.0 Å². The molecule has 1 unspecified atom stereocenters. The highest BCUT2D eigenvalue weighted by Gasteiger charge is 2.31. The van der Waals surface area contributed by atoms with Crippen LogP contribution < -0.4 is 9.47 Å². The highest BCUT2D eigenvalue weighted by Crippen LogP contribution is 2.18. The maximum Gasteiger partial charge on any atom is 0.320 e. The molecule has 3 rings (SSSR count). The van der Waals surface area contributed by atoms with Crippen molar-refractivity contribution in [3.8, 4) is 11.8 Å². The van der Waals surface area contributed by atoms with Crippen molar-refractivity contribution in [1.82, 2.24) is 20.0 Å². The molecule has 2 amide bonds. The first kappa shape index (κ1) is 14.8. The number of methoxy groups -OCH3 is 1. The number of hydrogen-bond acceptors (Lipinski definition) is 6. The van der Waals surface area contributed by atoms with E-state index in [4.69, 9.17) is 14.2 Å². The third-order valence-electron chi connectivity index (χ3n) is 3.81. The molecule has 2 aliphatic heterocycles. The van der Waals surface area contributed by atoms with E-state index in [1.54, 1.807) is 12.1 Å². The molecule has 0 radical (unpaired) electrons. The second-order valence-electron chi connectivity index (χ2n) is 5.27. The number of nitrogens with zero attached hydrogens (tertiary/aromatic N) is 4. The maximum absolute atomic E-state index is 12.4. The van der Waals surface area contributed by atoms with Crippen LogP contribution >= 0.6 is 0 Å². The van der Waals surface area contributed by atoms with Crippen LogP contribution in [-0.2, 0) is 4.74 Å². The molecule has 22 heavy (non-hydrogen) atoms. The van der Waals surface area contributed by atoms with Crippen molar-refractivity contribution in [2.75, 3.05) is 46.5 Å². The Balaban J connectivity index is 1.51. The predicted molar refractivity (Wildman–Crippen MR) is 77.0 cm³/mol. The van der Waals surface area contributed by atoms with Crippen LogP contribution in [-0.4, -0.2) is 78.6 Å². The van der Waals surface area contributed by atoms with Gasteiger partial charge in [-0.1, -0.05) is 0 Å². The van der Waals surface area contributed by atoms with E-state index in [1.165, 1.54) is 7.11 Å². The summed E-state index contributed by atoms with van der Waals surface area (Å²) in [6, 6.07) is 3.49. The van der Waals surface area contributed by atoms with Gasteiger partial charge in [0.05, 0.1) is 26.9 Å². The van der Waals surface area contributed by atoms with Crippen molar-refractivity contribution in [3.05, 3.63) is 12.1 Å². The number of rotatable bonds is 3. The van der Waals surface area contributed by atoms with Gasteiger partial charge in [-0.25, -0.2) is 4.79 Å². The minimum Gasteiger partial charge on any atom is -0.480 e. The molecule has 1 aromatic heterocycles. The first-order valence-electron chi connectivity index (χ1n) is 7.42. The molecule has 0 aliphatic carbocycles. The molecule has 2 saturated heterocycles. The summed E-state index contributed by atoms with van der Waals surface area (Å²) in [5.74, 6) is 0.898. The maximum atomic E-state index is 12.4. The van der Waals surface area contributed by atoms with Crippen LogP contribution in [0.25, 0.3) is 0 Å². The van der Waals surface area contributed by atoms with Crippen LogP contribution in [0.1, 0.15) is 6.42 Å². The van der Waals surface area contributed by atoms with Crippen molar-refractivity contribution in [3.63, 3.8) is 0 Å². The van der Waals surface area contributed by atoms with E-state index in [2.05, 4.69) is 10.2 Å². The number of carbonyl (C=O) groups is 1. The molecule has 0 N–H and O–H groups in total. The molecule has 0 spiro atoms. The molecule has 1 aromatic rings. The van der Waals surface area contributed by atoms with E-state index >= 15 is 0 Å². The molecule has 2 aliphatic rings. The van der Waals surface area contributed by atoms with Crippen molar-refractivity contribution < 1.29 is 19.0 Å². The Hall–Kier alpha value is -2.09. The third-order valence-corrected chi connectivity index (χ3v) is 3.81. The minimum atomic E-state index is -0.0484. The summed E-state index contributed by atoms with van der Waals surface area (Å²) in [6.45, 7) is 3.81. The van der Waals surface area contributed by atoms with Crippen molar-refractivity contribution in [2.45, 2.75) is 12.5 Å². The van der Waals surface area contributed by atoms with E-state index in [1.807, 2.05) is 9.80 Å². The van der Waals surface area contributed by atoms with Crippen LogP contribution in [0.2, 0.25) is 0 Å². The van der Waals surface area contributed by atoms with Crippen LogP contribution in [0, 0.1) is 0 Å². The summed E-state index contributed by atoms with van der Waals surface area (Å²) in [4.78, 5) is 16.0. The van der Waals surface area contributed by atoms with Gasteiger partial charge in [-0.3, -0.25) is 0 Å². The minimum absolute atomic E-state index is 0.0484. The molecule has 8 nitrogen and oxygen atoms in total. The van der Waals surface area contributed by atoms with Crippen LogP contribution in [0.3, 0.4) is 0 Å². The second-order valence-corrected chi connectivity index (χ2v) is 5.27. The quantitative estimate of drug-likeness (QED) is 0.804. The van der Waals surface area contributed by atoms with E-state index in [0.717, 1.165) is 6.42 Å². The Morgan fingerprint density at radius 1 is 1.18 bits per heavy atom. The average molecular weight is 308 g/mol. The number of amides is 2. The van der Waals surface area contributed by atoms with Crippen molar-refractivity contribution >= 4 is 6.03 Å². The molecule has 3 heterocycles. The molecule has 1 atom stereocenters. The number of ether oxygens (including phenoxy) is 3. The van der Waals surface area contributed by atoms with Gasteiger partial charge in [0, 0.05) is 38.2 Å². The number of likely N-dealkylation sites (tertiary alicyclic amines) is 1. The summed E-state index contributed by atoms with van der Waals surface area (Å²) >= 11 is 0. The highest BCUT2D eigenvalue weighted by molar-refractivity contribution is 5.74. The smallest absolute Gasteiger partial charge is 0.320 e. The summed E-state index contributed by atoms with van der Waals surface area (Å²) in [5, 5.41) is 7.81. The Morgan fingerprint density at radius 3 is 2.59 bits per heavy atom. The van der Waals surface area contributed by atoms with E-state index in [0.29, 0.717) is 51.2 Å². The Labute approximate surface area is 128 Å². The van der Waals surface area contributed by atoms with Gasteiger partial charge in [0.25, 0.3) is 0 Å². The lowest BCUT2D eigenvalue weighted by atomic mass is 10.3.